The Labute approximate surface area is 166 Å². The highest BCUT2D eigenvalue weighted by atomic mass is 35.5. The number of benzene rings is 2. The van der Waals surface area contributed by atoms with Gasteiger partial charge in [-0.15, -0.1) is 0 Å². The number of rotatable bonds is 7. The zero-order chi connectivity index (χ0) is 20.1. The van der Waals surface area contributed by atoms with E-state index in [4.69, 9.17) is 17.3 Å². The molecule has 8 heteroatoms. The van der Waals surface area contributed by atoms with Gasteiger partial charge in [0.1, 0.15) is 5.82 Å². The van der Waals surface area contributed by atoms with Crippen LogP contribution in [0.2, 0.25) is 5.02 Å². The Morgan fingerprint density at radius 3 is 2.46 bits per heavy atom. The molecule has 1 heterocycles. The Morgan fingerprint density at radius 1 is 1.14 bits per heavy atom. The Balaban J connectivity index is 1.62. The first kappa shape index (κ1) is 19.6. The lowest BCUT2D eigenvalue weighted by molar-refractivity contribution is -0.121. The minimum atomic E-state index is -0.610. The van der Waals surface area contributed by atoms with Gasteiger partial charge < -0.3 is 11.1 Å². The fourth-order valence-electron chi connectivity index (χ4n) is 2.67. The van der Waals surface area contributed by atoms with Crippen LogP contribution in [0.3, 0.4) is 0 Å². The Kier molecular flexibility index (Phi) is 6.06. The van der Waals surface area contributed by atoms with Gasteiger partial charge in [0.2, 0.25) is 5.91 Å². The minimum Gasteiger partial charge on any atom is -0.369 e. The summed E-state index contributed by atoms with van der Waals surface area (Å²) in [5.74, 6) is -1.88. The monoisotopic (exact) mass is 400 g/mol. The number of hydrogen-bond donors (Lipinski definition) is 2. The standard InChI is InChI=1S/C20H18ClFN4O2/c21-16-3-7-18(8-4-16)26-12-15(11-25-26)20(28)24-10-14(19(23)27)9-13-1-5-17(22)6-2-13/h1-8,11-12,14H,9-10H2,(H2,23,27)(H,24,28). The van der Waals surface area contributed by atoms with Crippen LogP contribution >= 0.6 is 11.6 Å². The third kappa shape index (κ3) is 4.95. The van der Waals surface area contributed by atoms with Crippen LogP contribution in [0.15, 0.2) is 60.9 Å². The molecule has 1 aromatic heterocycles. The van der Waals surface area contributed by atoms with E-state index in [1.54, 1.807) is 47.3 Å². The smallest absolute Gasteiger partial charge is 0.254 e. The highest BCUT2D eigenvalue weighted by Crippen LogP contribution is 2.14. The molecule has 144 valence electrons. The molecule has 0 aliphatic rings. The zero-order valence-electron chi connectivity index (χ0n) is 14.8. The lowest BCUT2D eigenvalue weighted by atomic mass is 9.98. The van der Waals surface area contributed by atoms with Crippen LogP contribution in [0.5, 0.6) is 0 Å². The number of halogens is 2. The van der Waals surface area contributed by atoms with Gasteiger partial charge in [-0.2, -0.15) is 5.10 Å². The van der Waals surface area contributed by atoms with E-state index in [1.807, 2.05) is 0 Å². The zero-order valence-corrected chi connectivity index (χ0v) is 15.6. The molecule has 3 rings (SSSR count). The number of carbonyl (C=O) groups is 2. The van der Waals surface area contributed by atoms with Crippen molar-refractivity contribution in [3.05, 3.63) is 82.9 Å². The molecular formula is C20H18ClFN4O2. The Morgan fingerprint density at radius 2 is 1.82 bits per heavy atom. The molecule has 28 heavy (non-hydrogen) atoms. The van der Waals surface area contributed by atoms with Crippen LogP contribution < -0.4 is 11.1 Å². The molecular weight excluding hydrogens is 383 g/mol. The third-order valence-corrected chi connectivity index (χ3v) is 4.49. The third-order valence-electron chi connectivity index (χ3n) is 4.24. The molecule has 0 bridgehead atoms. The SMILES string of the molecule is NC(=O)C(CNC(=O)c1cnn(-c2ccc(Cl)cc2)c1)Cc1ccc(F)cc1. The summed E-state index contributed by atoms with van der Waals surface area (Å²) >= 11 is 5.87. The van der Waals surface area contributed by atoms with Crippen molar-refractivity contribution in [1.82, 2.24) is 15.1 Å². The molecule has 0 saturated heterocycles. The second kappa shape index (κ2) is 8.67. The summed E-state index contributed by atoms with van der Waals surface area (Å²) in [5, 5.41) is 7.46. The summed E-state index contributed by atoms with van der Waals surface area (Å²) in [7, 11) is 0. The first-order valence-electron chi connectivity index (χ1n) is 8.55. The molecule has 0 aliphatic heterocycles. The van der Waals surface area contributed by atoms with Gasteiger partial charge in [0.05, 0.1) is 23.4 Å². The van der Waals surface area contributed by atoms with Crippen LogP contribution in [-0.2, 0) is 11.2 Å². The highest BCUT2D eigenvalue weighted by Gasteiger charge is 2.18. The molecule has 2 amide bonds. The predicted octanol–water partition coefficient (Wildman–Crippen LogP) is 2.74. The minimum absolute atomic E-state index is 0.0671. The summed E-state index contributed by atoms with van der Waals surface area (Å²) in [6, 6.07) is 12.8. The highest BCUT2D eigenvalue weighted by molar-refractivity contribution is 6.30. The van der Waals surface area contributed by atoms with Gasteiger partial charge in [0.15, 0.2) is 0 Å². The Hall–Kier alpha value is -3.19. The number of nitrogens with two attached hydrogens (primary N) is 1. The van der Waals surface area contributed by atoms with E-state index in [0.29, 0.717) is 17.0 Å². The van der Waals surface area contributed by atoms with Crippen LogP contribution in [0.1, 0.15) is 15.9 Å². The summed E-state index contributed by atoms with van der Waals surface area (Å²) in [6.07, 6.45) is 3.32. The van der Waals surface area contributed by atoms with Crippen LogP contribution in [0.25, 0.3) is 5.69 Å². The maximum atomic E-state index is 13.0. The quantitative estimate of drug-likeness (QED) is 0.639. The van der Waals surface area contributed by atoms with E-state index in [0.717, 1.165) is 11.3 Å². The van der Waals surface area contributed by atoms with Gasteiger partial charge in [-0.25, -0.2) is 9.07 Å². The summed E-state index contributed by atoms with van der Waals surface area (Å²) in [5.41, 5.74) is 7.31. The van der Waals surface area contributed by atoms with Crippen molar-refractivity contribution in [2.75, 3.05) is 6.54 Å². The molecule has 2 aromatic carbocycles. The number of nitrogens with zero attached hydrogens (tertiary/aromatic N) is 2. The Bertz CT molecular complexity index is 971. The van der Waals surface area contributed by atoms with E-state index in [2.05, 4.69) is 10.4 Å². The lowest BCUT2D eigenvalue weighted by Crippen LogP contribution is -2.37. The van der Waals surface area contributed by atoms with Gasteiger partial charge in [-0.05, 0) is 48.4 Å². The van der Waals surface area contributed by atoms with Crippen molar-refractivity contribution in [1.29, 1.82) is 0 Å². The van der Waals surface area contributed by atoms with E-state index < -0.39 is 11.8 Å². The number of nitrogens with one attached hydrogen (secondary N) is 1. The van der Waals surface area contributed by atoms with Crippen molar-refractivity contribution >= 4 is 23.4 Å². The molecule has 0 aliphatic carbocycles. The van der Waals surface area contributed by atoms with Crippen molar-refractivity contribution in [3.8, 4) is 5.69 Å². The maximum absolute atomic E-state index is 13.0. The number of aromatic nitrogens is 2. The molecule has 3 N–H and O–H groups in total. The van der Waals surface area contributed by atoms with Gasteiger partial charge >= 0.3 is 0 Å². The van der Waals surface area contributed by atoms with Crippen LogP contribution in [-0.4, -0.2) is 28.1 Å². The second-order valence-electron chi connectivity index (χ2n) is 6.29. The average Bonchev–Trinajstić information content (AvgIpc) is 3.17. The molecule has 6 nitrogen and oxygen atoms in total. The van der Waals surface area contributed by atoms with Crippen molar-refractivity contribution in [3.63, 3.8) is 0 Å². The van der Waals surface area contributed by atoms with E-state index in [1.165, 1.54) is 18.3 Å². The van der Waals surface area contributed by atoms with Crippen molar-refractivity contribution in [2.45, 2.75) is 6.42 Å². The normalized spacial score (nSPS) is 11.8. The average molecular weight is 401 g/mol. The topological polar surface area (TPSA) is 90.0 Å². The first-order chi connectivity index (χ1) is 13.4. The molecule has 0 spiro atoms. The molecule has 0 fully saturated rings. The number of amides is 2. The summed E-state index contributed by atoms with van der Waals surface area (Å²) in [6.45, 7) is 0.0671. The number of carbonyl (C=O) groups excluding carboxylic acids is 2. The van der Waals surface area contributed by atoms with E-state index in [-0.39, 0.29) is 18.3 Å². The van der Waals surface area contributed by atoms with Gasteiger partial charge in [0.25, 0.3) is 5.91 Å². The van der Waals surface area contributed by atoms with Gasteiger partial charge in [-0.1, -0.05) is 23.7 Å². The first-order valence-corrected chi connectivity index (χ1v) is 8.93. The van der Waals surface area contributed by atoms with Gasteiger partial charge in [-0.3, -0.25) is 9.59 Å². The van der Waals surface area contributed by atoms with E-state index >= 15 is 0 Å². The van der Waals surface area contributed by atoms with Crippen molar-refractivity contribution < 1.29 is 14.0 Å². The second-order valence-corrected chi connectivity index (χ2v) is 6.73. The molecule has 1 unspecified atom stereocenters. The fourth-order valence-corrected chi connectivity index (χ4v) is 2.80. The lowest BCUT2D eigenvalue weighted by Gasteiger charge is -2.14. The van der Waals surface area contributed by atoms with Crippen LogP contribution in [0.4, 0.5) is 4.39 Å². The molecule has 0 saturated carbocycles. The number of primary amides is 1. The predicted molar refractivity (Wildman–Crippen MR) is 104 cm³/mol. The molecule has 0 radical (unpaired) electrons. The maximum Gasteiger partial charge on any atom is 0.254 e. The summed E-state index contributed by atoms with van der Waals surface area (Å²) in [4.78, 5) is 24.1. The fraction of sp³-hybridized carbons (Fsp3) is 0.150. The van der Waals surface area contributed by atoms with E-state index in [9.17, 15) is 14.0 Å². The van der Waals surface area contributed by atoms with Crippen molar-refractivity contribution in [2.24, 2.45) is 11.7 Å². The van der Waals surface area contributed by atoms with Crippen LogP contribution in [0, 0.1) is 11.7 Å². The summed E-state index contributed by atoms with van der Waals surface area (Å²) < 4.78 is 14.6. The number of hydrogen-bond acceptors (Lipinski definition) is 3. The molecule has 3 aromatic rings. The molecule has 1 atom stereocenters. The van der Waals surface area contributed by atoms with Gasteiger partial charge in [0, 0.05) is 17.8 Å². The largest absolute Gasteiger partial charge is 0.369 e.